The first-order valence-corrected chi connectivity index (χ1v) is 6.45. The number of rotatable bonds is 6. The summed E-state index contributed by atoms with van der Waals surface area (Å²) in [7, 11) is 0. The smallest absolute Gasteiger partial charge is 0.304 e. The first-order valence-electron chi connectivity index (χ1n) is 6.45. The summed E-state index contributed by atoms with van der Waals surface area (Å²) >= 11 is 0. The summed E-state index contributed by atoms with van der Waals surface area (Å²) in [6, 6.07) is 1.26. The second kappa shape index (κ2) is 5.64. The van der Waals surface area contributed by atoms with Crippen LogP contribution in [0.3, 0.4) is 0 Å². The molecule has 2 fully saturated rings. The van der Waals surface area contributed by atoms with Gasteiger partial charge in [0.15, 0.2) is 0 Å². The van der Waals surface area contributed by atoms with Crippen LogP contribution in [0.25, 0.3) is 0 Å². The summed E-state index contributed by atoms with van der Waals surface area (Å²) in [4.78, 5) is 13.0. The molecule has 0 aromatic carbocycles. The van der Waals surface area contributed by atoms with Crippen molar-refractivity contribution in [1.82, 2.24) is 10.2 Å². The molecule has 0 bridgehead atoms. The van der Waals surface area contributed by atoms with E-state index in [9.17, 15) is 4.79 Å². The normalized spacial score (nSPS) is 25.9. The highest BCUT2D eigenvalue weighted by Gasteiger charge is 2.30. The molecule has 0 radical (unpaired) electrons. The maximum Gasteiger partial charge on any atom is 0.304 e. The van der Waals surface area contributed by atoms with E-state index in [1.54, 1.807) is 0 Å². The fourth-order valence-electron chi connectivity index (χ4n) is 2.46. The van der Waals surface area contributed by atoms with Crippen LogP contribution in [0.15, 0.2) is 0 Å². The molecule has 4 nitrogen and oxygen atoms in total. The zero-order valence-corrected chi connectivity index (χ0v) is 9.82. The third-order valence-electron chi connectivity index (χ3n) is 3.54. The van der Waals surface area contributed by atoms with E-state index in [0.717, 1.165) is 19.6 Å². The van der Waals surface area contributed by atoms with E-state index in [-0.39, 0.29) is 6.42 Å². The Kier molecular flexibility index (Phi) is 4.18. The first kappa shape index (κ1) is 11.9. The summed E-state index contributed by atoms with van der Waals surface area (Å²) in [5.74, 6) is -0.678. The largest absolute Gasteiger partial charge is 0.481 e. The quantitative estimate of drug-likeness (QED) is 0.711. The van der Waals surface area contributed by atoms with Crippen molar-refractivity contribution in [3.8, 4) is 0 Å². The second-order valence-corrected chi connectivity index (χ2v) is 5.02. The van der Waals surface area contributed by atoms with Gasteiger partial charge in [-0.2, -0.15) is 0 Å². The average Bonchev–Trinajstić information content (AvgIpc) is 3.09. The van der Waals surface area contributed by atoms with Gasteiger partial charge in [0.05, 0.1) is 6.42 Å². The van der Waals surface area contributed by atoms with E-state index >= 15 is 0 Å². The zero-order valence-electron chi connectivity index (χ0n) is 9.82. The molecule has 2 rings (SSSR count). The monoisotopic (exact) mass is 226 g/mol. The molecule has 1 unspecified atom stereocenters. The van der Waals surface area contributed by atoms with E-state index in [1.165, 1.54) is 32.1 Å². The minimum atomic E-state index is -0.678. The van der Waals surface area contributed by atoms with Crippen molar-refractivity contribution in [2.45, 2.75) is 50.6 Å². The minimum Gasteiger partial charge on any atom is -0.481 e. The number of carbonyl (C=O) groups is 1. The van der Waals surface area contributed by atoms with Crippen LogP contribution in [-0.2, 0) is 4.79 Å². The minimum absolute atomic E-state index is 0.281. The second-order valence-electron chi connectivity index (χ2n) is 5.02. The van der Waals surface area contributed by atoms with Crippen LogP contribution in [-0.4, -0.2) is 47.7 Å². The van der Waals surface area contributed by atoms with E-state index < -0.39 is 5.97 Å². The van der Waals surface area contributed by atoms with Gasteiger partial charge in [0.1, 0.15) is 0 Å². The number of aliphatic carboxylic acids is 1. The third-order valence-corrected chi connectivity index (χ3v) is 3.54. The Morgan fingerprint density at radius 1 is 1.31 bits per heavy atom. The molecule has 0 amide bonds. The third kappa shape index (κ3) is 3.76. The Balaban J connectivity index is 1.75. The number of nitrogens with zero attached hydrogens (tertiary/aromatic N) is 1. The van der Waals surface area contributed by atoms with Gasteiger partial charge in [-0.15, -0.1) is 0 Å². The Labute approximate surface area is 97.0 Å². The van der Waals surface area contributed by atoms with Crippen LogP contribution in [0, 0.1) is 0 Å². The van der Waals surface area contributed by atoms with Crippen molar-refractivity contribution in [1.29, 1.82) is 0 Å². The van der Waals surface area contributed by atoms with Gasteiger partial charge in [-0.05, 0) is 32.2 Å². The first-order chi connectivity index (χ1) is 7.75. The fourth-order valence-corrected chi connectivity index (χ4v) is 2.46. The molecule has 1 saturated heterocycles. The Bertz CT molecular complexity index is 235. The van der Waals surface area contributed by atoms with Crippen molar-refractivity contribution in [2.24, 2.45) is 0 Å². The van der Waals surface area contributed by atoms with Gasteiger partial charge in [-0.1, -0.05) is 6.42 Å². The Hall–Kier alpha value is -0.610. The van der Waals surface area contributed by atoms with E-state index in [1.807, 2.05) is 0 Å². The standard InChI is InChI=1S/C12H22N2O2/c15-12(16)6-8-14(11-4-5-11)9-10-3-1-2-7-13-10/h10-11,13H,1-9H2,(H,15,16). The lowest BCUT2D eigenvalue weighted by Crippen LogP contribution is -2.45. The molecule has 4 heteroatoms. The van der Waals surface area contributed by atoms with Crippen LogP contribution in [0.1, 0.15) is 38.5 Å². The van der Waals surface area contributed by atoms with Gasteiger partial charge < -0.3 is 10.4 Å². The molecule has 0 aromatic rings. The summed E-state index contributed by atoms with van der Waals surface area (Å²) in [5.41, 5.74) is 0. The number of carboxylic acids is 1. The van der Waals surface area contributed by atoms with Crippen molar-refractivity contribution in [3.63, 3.8) is 0 Å². The highest BCUT2D eigenvalue weighted by molar-refractivity contribution is 5.66. The highest BCUT2D eigenvalue weighted by atomic mass is 16.4. The molecule has 1 aliphatic heterocycles. The average molecular weight is 226 g/mol. The van der Waals surface area contributed by atoms with Crippen LogP contribution >= 0.6 is 0 Å². The van der Waals surface area contributed by atoms with Crippen LogP contribution in [0.2, 0.25) is 0 Å². The van der Waals surface area contributed by atoms with Crippen molar-refractivity contribution in [2.75, 3.05) is 19.6 Å². The number of nitrogens with one attached hydrogen (secondary N) is 1. The zero-order chi connectivity index (χ0) is 11.4. The van der Waals surface area contributed by atoms with E-state index in [0.29, 0.717) is 12.1 Å². The SMILES string of the molecule is O=C(O)CCN(CC1CCCCN1)C1CC1. The maximum atomic E-state index is 10.6. The maximum absolute atomic E-state index is 10.6. The number of hydrogen-bond acceptors (Lipinski definition) is 3. The summed E-state index contributed by atoms with van der Waals surface area (Å²) in [6.45, 7) is 2.89. The Morgan fingerprint density at radius 3 is 2.69 bits per heavy atom. The molecule has 92 valence electrons. The molecule has 1 heterocycles. The lowest BCUT2D eigenvalue weighted by atomic mass is 10.0. The van der Waals surface area contributed by atoms with Crippen molar-refractivity contribution in [3.05, 3.63) is 0 Å². The molecule has 2 aliphatic rings. The molecular formula is C12H22N2O2. The molecule has 16 heavy (non-hydrogen) atoms. The lowest BCUT2D eigenvalue weighted by molar-refractivity contribution is -0.137. The lowest BCUT2D eigenvalue weighted by Gasteiger charge is -2.30. The summed E-state index contributed by atoms with van der Waals surface area (Å²) in [6.07, 6.45) is 6.64. The van der Waals surface area contributed by atoms with E-state index in [4.69, 9.17) is 5.11 Å². The molecule has 1 aliphatic carbocycles. The van der Waals surface area contributed by atoms with Gasteiger partial charge in [-0.25, -0.2) is 0 Å². The van der Waals surface area contributed by atoms with Crippen LogP contribution in [0.4, 0.5) is 0 Å². The van der Waals surface area contributed by atoms with Crippen LogP contribution < -0.4 is 5.32 Å². The van der Waals surface area contributed by atoms with Gasteiger partial charge in [0, 0.05) is 25.2 Å². The van der Waals surface area contributed by atoms with Gasteiger partial charge >= 0.3 is 5.97 Å². The van der Waals surface area contributed by atoms with Crippen molar-refractivity contribution < 1.29 is 9.90 Å². The molecule has 0 spiro atoms. The fraction of sp³-hybridized carbons (Fsp3) is 0.917. The molecule has 1 atom stereocenters. The molecule has 1 saturated carbocycles. The topological polar surface area (TPSA) is 52.6 Å². The van der Waals surface area contributed by atoms with Gasteiger partial charge in [0.25, 0.3) is 0 Å². The predicted octanol–water partition coefficient (Wildman–Crippen LogP) is 1.07. The van der Waals surface area contributed by atoms with E-state index in [2.05, 4.69) is 10.2 Å². The number of piperidine rings is 1. The summed E-state index contributed by atoms with van der Waals surface area (Å²) in [5, 5.41) is 12.3. The van der Waals surface area contributed by atoms with Crippen LogP contribution in [0.5, 0.6) is 0 Å². The van der Waals surface area contributed by atoms with Gasteiger partial charge in [-0.3, -0.25) is 9.69 Å². The number of hydrogen-bond donors (Lipinski definition) is 2. The Morgan fingerprint density at radius 2 is 2.12 bits per heavy atom. The predicted molar refractivity (Wildman–Crippen MR) is 62.5 cm³/mol. The molecular weight excluding hydrogens is 204 g/mol. The number of carboxylic acid groups (broad SMARTS) is 1. The highest BCUT2D eigenvalue weighted by Crippen LogP contribution is 2.27. The molecule has 2 N–H and O–H groups in total. The summed E-state index contributed by atoms with van der Waals surface area (Å²) < 4.78 is 0. The van der Waals surface area contributed by atoms with Gasteiger partial charge in [0.2, 0.25) is 0 Å². The van der Waals surface area contributed by atoms with Crippen molar-refractivity contribution >= 4 is 5.97 Å². The molecule has 0 aromatic heterocycles.